The highest BCUT2D eigenvalue weighted by molar-refractivity contribution is 7.89. The average Bonchev–Trinajstić information content (AvgIpc) is 2.95. The third kappa shape index (κ3) is 2.93. The maximum Gasteiger partial charge on any atom is 0.241 e. The third-order valence-corrected chi connectivity index (χ3v) is 5.73. The molecule has 0 unspecified atom stereocenters. The molecule has 0 aliphatic heterocycles. The summed E-state index contributed by atoms with van der Waals surface area (Å²) in [5, 5.41) is 5.87. The zero-order valence-electron chi connectivity index (χ0n) is 11.7. The number of aryl methyl sites for hydroxylation is 2. The summed E-state index contributed by atoms with van der Waals surface area (Å²) >= 11 is 1.35. The fourth-order valence-corrected chi connectivity index (χ4v) is 4.08. The lowest BCUT2D eigenvalue weighted by atomic mass is 10.2. The first-order valence-corrected chi connectivity index (χ1v) is 8.47. The molecule has 6 nitrogen and oxygen atoms in total. The Bertz CT molecular complexity index is 716. The van der Waals surface area contributed by atoms with Gasteiger partial charge in [-0.1, -0.05) is 0 Å². The standard InChI is InChI=1S/C12H18N4O2S2/c1-8-12(9(2)16(3)15-8)6-14-20(17,18)11-4-10(5-13)19-7-11/h4,7,14H,5-6,13H2,1-3H3. The number of nitrogens with zero attached hydrogens (tertiary/aromatic N) is 2. The molecule has 0 atom stereocenters. The van der Waals surface area contributed by atoms with Crippen molar-refractivity contribution in [1.29, 1.82) is 0 Å². The maximum atomic E-state index is 12.2. The van der Waals surface area contributed by atoms with E-state index in [1.807, 2.05) is 20.9 Å². The molecule has 0 saturated heterocycles. The van der Waals surface area contributed by atoms with Crippen molar-refractivity contribution >= 4 is 21.4 Å². The first kappa shape index (κ1) is 15.2. The van der Waals surface area contributed by atoms with Crippen LogP contribution >= 0.6 is 11.3 Å². The number of thiophene rings is 1. The average molecular weight is 314 g/mol. The summed E-state index contributed by atoms with van der Waals surface area (Å²) in [7, 11) is -1.66. The number of nitrogens with two attached hydrogens (primary N) is 1. The van der Waals surface area contributed by atoms with E-state index in [2.05, 4.69) is 9.82 Å². The molecule has 0 aromatic carbocycles. The van der Waals surface area contributed by atoms with Crippen molar-refractivity contribution in [2.75, 3.05) is 0 Å². The lowest BCUT2D eigenvalue weighted by Gasteiger charge is -2.05. The predicted molar refractivity (Wildman–Crippen MR) is 78.9 cm³/mol. The number of sulfonamides is 1. The van der Waals surface area contributed by atoms with Gasteiger partial charge in [0.1, 0.15) is 0 Å². The summed E-state index contributed by atoms with van der Waals surface area (Å²) in [4.78, 5) is 1.11. The van der Waals surface area contributed by atoms with Crippen LogP contribution in [-0.2, 0) is 30.2 Å². The Morgan fingerprint density at radius 2 is 2.15 bits per heavy atom. The zero-order valence-corrected chi connectivity index (χ0v) is 13.3. The van der Waals surface area contributed by atoms with Crippen molar-refractivity contribution < 1.29 is 8.42 Å². The lowest BCUT2D eigenvalue weighted by Crippen LogP contribution is -2.23. The summed E-state index contributed by atoms with van der Waals surface area (Å²) in [5.41, 5.74) is 8.20. The summed E-state index contributed by atoms with van der Waals surface area (Å²) in [6.07, 6.45) is 0. The fraction of sp³-hybridized carbons (Fsp3) is 0.417. The van der Waals surface area contributed by atoms with Crippen LogP contribution in [0.5, 0.6) is 0 Å². The predicted octanol–water partition coefficient (Wildman–Crippen LogP) is 1.04. The highest BCUT2D eigenvalue weighted by atomic mass is 32.2. The molecular formula is C12H18N4O2S2. The van der Waals surface area contributed by atoms with E-state index in [1.165, 1.54) is 11.3 Å². The topological polar surface area (TPSA) is 90.0 Å². The Labute approximate surface area is 122 Å². The summed E-state index contributed by atoms with van der Waals surface area (Å²) in [6, 6.07) is 1.61. The van der Waals surface area contributed by atoms with Crippen LogP contribution in [0.1, 0.15) is 21.8 Å². The second-order valence-electron chi connectivity index (χ2n) is 4.55. The second-order valence-corrected chi connectivity index (χ2v) is 7.31. The Kier molecular flexibility index (Phi) is 4.28. The fourth-order valence-electron chi connectivity index (χ4n) is 1.93. The van der Waals surface area contributed by atoms with Gasteiger partial charge in [-0.3, -0.25) is 4.68 Å². The Hall–Kier alpha value is -1.22. The first-order chi connectivity index (χ1) is 9.35. The van der Waals surface area contributed by atoms with Gasteiger partial charge in [0, 0.05) is 41.7 Å². The van der Waals surface area contributed by atoms with E-state index in [9.17, 15) is 8.42 Å². The van der Waals surface area contributed by atoms with Crippen LogP contribution in [0.3, 0.4) is 0 Å². The highest BCUT2D eigenvalue weighted by Crippen LogP contribution is 2.19. The minimum atomic E-state index is -3.50. The SMILES string of the molecule is Cc1nn(C)c(C)c1CNS(=O)(=O)c1csc(CN)c1. The van der Waals surface area contributed by atoms with E-state index >= 15 is 0 Å². The third-order valence-electron chi connectivity index (χ3n) is 3.24. The lowest BCUT2D eigenvalue weighted by molar-refractivity contribution is 0.581. The van der Waals surface area contributed by atoms with Crippen molar-refractivity contribution in [3.8, 4) is 0 Å². The molecule has 0 saturated carbocycles. The van der Waals surface area contributed by atoms with Gasteiger partial charge in [-0.25, -0.2) is 13.1 Å². The molecule has 3 N–H and O–H groups in total. The van der Waals surface area contributed by atoms with Gasteiger partial charge in [-0.2, -0.15) is 5.10 Å². The number of nitrogens with one attached hydrogen (secondary N) is 1. The Morgan fingerprint density at radius 1 is 1.45 bits per heavy atom. The highest BCUT2D eigenvalue weighted by Gasteiger charge is 2.18. The van der Waals surface area contributed by atoms with Crippen LogP contribution in [0.15, 0.2) is 16.3 Å². The molecule has 0 bridgehead atoms. The van der Waals surface area contributed by atoms with E-state index < -0.39 is 10.0 Å². The van der Waals surface area contributed by atoms with Gasteiger partial charge >= 0.3 is 0 Å². The second kappa shape index (κ2) is 5.65. The number of aromatic nitrogens is 2. The van der Waals surface area contributed by atoms with Gasteiger partial charge in [-0.15, -0.1) is 11.3 Å². The minimum absolute atomic E-state index is 0.238. The molecule has 8 heteroatoms. The zero-order chi connectivity index (χ0) is 14.9. The molecule has 2 rings (SSSR count). The van der Waals surface area contributed by atoms with Crippen LogP contribution in [0, 0.1) is 13.8 Å². The molecule has 0 aliphatic carbocycles. The number of hydrogen-bond acceptors (Lipinski definition) is 5. The van der Waals surface area contributed by atoms with Crippen LogP contribution in [0.4, 0.5) is 0 Å². The molecule has 0 aliphatic rings. The van der Waals surface area contributed by atoms with Crippen molar-refractivity contribution in [3.63, 3.8) is 0 Å². The smallest absolute Gasteiger partial charge is 0.241 e. The molecule has 0 spiro atoms. The van der Waals surface area contributed by atoms with E-state index in [1.54, 1.807) is 16.1 Å². The summed E-state index contributed by atoms with van der Waals surface area (Å²) < 4.78 is 28.7. The molecule has 0 fully saturated rings. The Morgan fingerprint density at radius 3 is 2.65 bits per heavy atom. The number of rotatable bonds is 5. The van der Waals surface area contributed by atoms with Crippen molar-refractivity contribution in [2.24, 2.45) is 12.8 Å². The number of hydrogen-bond donors (Lipinski definition) is 2. The molecule has 20 heavy (non-hydrogen) atoms. The Balaban J connectivity index is 2.17. The molecule has 2 heterocycles. The molecule has 2 aromatic rings. The summed E-state index contributed by atoms with van der Waals surface area (Å²) in [5.74, 6) is 0. The van der Waals surface area contributed by atoms with Gasteiger partial charge in [0.2, 0.25) is 10.0 Å². The van der Waals surface area contributed by atoms with Crippen molar-refractivity contribution in [1.82, 2.24) is 14.5 Å². The van der Waals surface area contributed by atoms with Crippen molar-refractivity contribution in [2.45, 2.75) is 31.8 Å². The summed E-state index contributed by atoms with van der Waals surface area (Å²) in [6.45, 7) is 4.37. The van der Waals surface area contributed by atoms with Gasteiger partial charge < -0.3 is 5.73 Å². The first-order valence-electron chi connectivity index (χ1n) is 6.11. The monoisotopic (exact) mass is 314 g/mol. The van der Waals surface area contributed by atoms with Crippen LogP contribution in [0.25, 0.3) is 0 Å². The minimum Gasteiger partial charge on any atom is -0.326 e. The molecule has 0 radical (unpaired) electrons. The van der Waals surface area contributed by atoms with Gasteiger partial charge in [-0.05, 0) is 19.9 Å². The van der Waals surface area contributed by atoms with Crippen molar-refractivity contribution in [3.05, 3.63) is 33.3 Å². The van der Waals surface area contributed by atoms with Gasteiger partial charge in [0.15, 0.2) is 0 Å². The van der Waals surface area contributed by atoms with E-state index in [4.69, 9.17) is 5.73 Å². The van der Waals surface area contributed by atoms with Crippen LogP contribution in [0.2, 0.25) is 0 Å². The molecule has 2 aromatic heterocycles. The molecule has 0 amide bonds. The van der Waals surface area contributed by atoms with E-state index in [-0.39, 0.29) is 11.4 Å². The van der Waals surface area contributed by atoms with Gasteiger partial charge in [0.25, 0.3) is 0 Å². The largest absolute Gasteiger partial charge is 0.326 e. The molecule has 110 valence electrons. The van der Waals surface area contributed by atoms with Crippen LogP contribution < -0.4 is 10.5 Å². The van der Waals surface area contributed by atoms with E-state index in [0.29, 0.717) is 6.54 Å². The maximum absolute atomic E-state index is 12.2. The van der Waals surface area contributed by atoms with E-state index in [0.717, 1.165) is 21.8 Å². The molecular weight excluding hydrogens is 296 g/mol. The quantitative estimate of drug-likeness (QED) is 0.862. The normalized spacial score (nSPS) is 12.0. The van der Waals surface area contributed by atoms with Crippen LogP contribution in [-0.4, -0.2) is 18.2 Å². The van der Waals surface area contributed by atoms with Gasteiger partial charge in [0.05, 0.1) is 10.6 Å².